The second-order valence-electron chi connectivity index (χ2n) is 7.27. The molecule has 4 rings (SSSR count). The number of carbonyl (C=O) groups is 4. The second-order valence-corrected chi connectivity index (χ2v) is 8.26. The number of allylic oxidation sites excluding steroid dienone is 1. The Bertz CT molecular complexity index is 953. The third-order valence-electron chi connectivity index (χ3n) is 5.43. The van der Waals surface area contributed by atoms with Crippen LogP contribution in [0.3, 0.4) is 0 Å². The molecular weight excluding hydrogens is 414 g/mol. The first kappa shape index (κ1) is 20.2. The number of hydrogen-bond acceptors (Lipinski definition) is 7. The number of fused-ring (bicyclic) bond motifs is 2. The van der Waals surface area contributed by atoms with E-state index in [1.165, 1.54) is 11.8 Å². The lowest BCUT2D eigenvalue weighted by Crippen LogP contribution is -2.61. The molecule has 0 radical (unpaired) electrons. The van der Waals surface area contributed by atoms with Crippen LogP contribution in [0.2, 0.25) is 0 Å². The number of Topliss-reactive ketones (excluding diaryl/α,β-unsaturated/α-hetero) is 2. The molecule has 158 valence electrons. The van der Waals surface area contributed by atoms with Crippen LogP contribution in [0, 0.1) is 0 Å². The Morgan fingerprint density at radius 1 is 1.03 bits per heavy atom. The van der Waals surface area contributed by atoms with Crippen molar-refractivity contribution in [2.24, 2.45) is 0 Å². The third kappa shape index (κ3) is 3.61. The van der Waals surface area contributed by atoms with Gasteiger partial charge in [0.15, 0.2) is 6.29 Å². The number of carboxylic acid groups (broad SMARTS) is 2. The highest BCUT2D eigenvalue weighted by Crippen LogP contribution is 2.47. The molecule has 1 spiro atoms. The number of carbonyl (C=O) groups excluding carboxylic acids is 2. The summed E-state index contributed by atoms with van der Waals surface area (Å²) in [4.78, 5) is 48.9. The number of piperidine rings is 1. The van der Waals surface area contributed by atoms with E-state index in [0.29, 0.717) is 53.5 Å². The number of nitrogens with zero attached hydrogens (tertiary/aromatic N) is 1. The predicted octanol–water partition coefficient (Wildman–Crippen LogP) is 1.54. The van der Waals surface area contributed by atoms with E-state index in [4.69, 9.17) is 14.9 Å². The van der Waals surface area contributed by atoms with Crippen LogP contribution < -0.4 is 10.6 Å². The summed E-state index contributed by atoms with van der Waals surface area (Å²) in [7, 11) is 0. The summed E-state index contributed by atoms with van der Waals surface area (Å²) >= 11 is 1.31. The van der Waals surface area contributed by atoms with E-state index in [9.17, 15) is 19.2 Å². The van der Waals surface area contributed by atoms with E-state index in [1.54, 1.807) is 29.2 Å². The Kier molecular flexibility index (Phi) is 5.16. The van der Waals surface area contributed by atoms with Crippen LogP contribution in [0.25, 0.3) is 5.76 Å². The van der Waals surface area contributed by atoms with Gasteiger partial charge in [0.05, 0.1) is 0 Å². The molecule has 11 heteroatoms. The number of hydrogen-bond donors (Lipinski definition) is 4. The maximum atomic E-state index is 12.5. The van der Waals surface area contributed by atoms with Gasteiger partial charge >= 0.3 is 12.2 Å². The molecule has 2 aliphatic heterocycles. The summed E-state index contributed by atoms with van der Waals surface area (Å²) in [5.74, 6) is -0.195. The first-order chi connectivity index (χ1) is 14.3. The molecule has 2 amide bonds. The molecular formula is C19H19N3O7S. The van der Waals surface area contributed by atoms with E-state index < -0.39 is 35.6 Å². The molecule has 0 bridgehead atoms. The van der Waals surface area contributed by atoms with Gasteiger partial charge in [0.2, 0.25) is 11.6 Å². The molecule has 3 aliphatic rings. The normalized spacial score (nSPS) is 20.4. The van der Waals surface area contributed by atoms with Gasteiger partial charge in [-0.2, -0.15) is 0 Å². The fourth-order valence-corrected chi connectivity index (χ4v) is 5.16. The quantitative estimate of drug-likeness (QED) is 0.412. The fraction of sp³-hybridized carbons (Fsp3) is 0.368. The van der Waals surface area contributed by atoms with Gasteiger partial charge in [-0.1, -0.05) is 24.3 Å². The summed E-state index contributed by atoms with van der Waals surface area (Å²) < 4.78 is 6.34. The number of ether oxygens (including phenoxy) is 1. The van der Waals surface area contributed by atoms with Crippen molar-refractivity contribution in [2.45, 2.75) is 24.7 Å². The molecule has 1 fully saturated rings. The first-order valence-corrected chi connectivity index (χ1v) is 10.3. The summed E-state index contributed by atoms with van der Waals surface area (Å²) in [5.41, 5.74) is 0.335. The number of nitrogens with one attached hydrogen (secondary N) is 2. The van der Waals surface area contributed by atoms with E-state index in [2.05, 4.69) is 10.6 Å². The lowest BCUT2D eigenvalue weighted by atomic mass is 9.90. The van der Waals surface area contributed by atoms with Crippen molar-refractivity contribution in [3.05, 3.63) is 40.3 Å². The largest absolute Gasteiger partial charge is 0.484 e. The molecule has 1 aromatic carbocycles. The van der Waals surface area contributed by atoms with Gasteiger partial charge in [0.25, 0.3) is 0 Å². The van der Waals surface area contributed by atoms with Crippen LogP contribution >= 0.6 is 11.8 Å². The van der Waals surface area contributed by atoms with Crippen molar-refractivity contribution in [2.75, 3.05) is 18.8 Å². The molecule has 30 heavy (non-hydrogen) atoms. The molecule has 0 saturated carbocycles. The van der Waals surface area contributed by atoms with Crippen molar-refractivity contribution in [3.8, 4) is 0 Å². The number of likely N-dealkylation sites (tertiary alicyclic amines) is 1. The lowest BCUT2D eigenvalue weighted by molar-refractivity contribution is -0.111. The Hall–Kier alpha value is -3.05. The molecule has 2 heterocycles. The minimum absolute atomic E-state index is 0.324. The molecule has 0 aromatic heterocycles. The van der Waals surface area contributed by atoms with Gasteiger partial charge < -0.3 is 14.9 Å². The zero-order valence-corrected chi connectivity index (χ0v) is 16.5. The van der Waals surface area contributed by atoms with Crippen molar-refractivity contribution in [3.63, 3.8) is 0 Å². The predicted molar refractivity (Wildman–Crippen MR) is 106 cm³/mol. The highest BCUT2D eigenvalue weighted by Gasteiger charge is 2.46. The maximum Gasteiger partial charge on any atom is 0.407 e. The summed E-state index contributed by atoms with van der Waals surface area (Å²) in [6.45, 7) is 0.756. The Morgan fingerprint density at radius 3 is 2.23 bits per heavy atom. The minimum atomic E-state index is -1.34. The first-order valence-electron chi connectivity index (χ1n) is 9.27. The van der Waals surface area contributed by atoms with Gasteiger partial charge in [-0.3, -0.25) is 25.1 Å². The fourth-order valence-electron chi connectivity index (χ4n) is 3.90. The van der Waals surface area contributed by atoms with Crippen LogP contribution in [-0.4, -0.2) is 69.6 Å². The maximum absolute atomic E-state index is 12.5. The zero-order chi connectivity index (χ0) is 21.5. The van der Waals surface area contributed by atoms with Gasteiger partial charge in [0, 0.05) is 42.8 Å². The summed E-state index contributed by atoms with van der Waals surface area (Å²) in [6, 6.07) is 6.85. The van der Waals surface area contributed by atoms with Crippen molar-refractivity contribution < 1.29 is 34.1 Å². The number of ketones is 2. The van der Waals surface area contributed by atoms with Crippen LogP contribution in [-0.2, 0) is 9.53 Å². The van der Waals surface area contributed by atoms with E-state index in [0.717, 1.165) is 0 Å². The summed E-state index contributed by atoms with van der Waals surface area (Å²) in [6.07, 6.45) is -2.75. The van der Waals surface area contributed by atoms with Crippen molar-refractivity contribution in [1.82, 2.24) is 15.5 Å². The van der Waals surface area contributed by atoms with E-state index in [1.807, 2.05) is 0 Å². The van der Waals surface area contributed by atoms with Gasteiger partial charge in [-0.15, -0.1) is 11.8 Å². The van der Waals surface area contributed by atoms with E-state index in [-0.39, 0.29) is 0 Å². The molecule has 10 nitrogen and oxygen atoms in total. The number of thioether (sulfide) groups is 1. The van der Waals surface area contributed by atoms with Crippen LogP contribution in [0.5, 0.6) is 0 Å². The van der Waals surface area contributed by atoms with E-state index >= 15 is 0 Å². The Morgan fingerprint density at radius 2 is 1.63 bits per heavy atom. The number of benzene rings is 1. The molecule has 1 saturated heterocycles. The highest BCUT2D eigenvalue weighted by atomic mass is 32.2. The second kappa shape index (κ2) is 7.65. The minimum Gasteiger partial charge on any atom is -0.484 e. The zero-order valence-electron chi connectivity index (χ0n) is 15.7. The van der Waals surface area contributed by atoms with Crippen LogP contribution in [0.15, 0.2) is 29.2 Å². The van der Waals surface area contributed by atoms with Crippen molar-refractivity contribution in [1.29, 1.82) is 0 Å². The van der Waals surface area contributed by atoms with Crippen molar-refractivity contribution >= 4 is 41.3 Å². The highest BCUT2D eigenvalue weighted by molar-refractivity contribution is 8.04. The van der Waals surface area contributed by atoms with Crippen LogP contribution in [0.1, 0.15) is 28.8 Å². The molecule has 1 aromatic rings. The average molecular weight is 433 g/mol. The smallest absolute Gasteiger partial charge is 0.407 e. The molecule has 4 N–H and O–H groups in total. The number of rotatable bonds is 3. The topological polar surface area (TPSA) is 145 Å². The van der Waals surface area contributed by atoms with Gasteiger partial charge in [-0.05, 0) is 0 Å². The number of amides is 2. The summed E-state index contributed by atoms with van der Waals surface area (Å²) in [5, 5.41) is 22.3. The lowest BCUT2D eigenvalue weighted by Gasteiger charge is -2.46. The molecule has 0 unspecified atom stereocenters. The standard InChI is InChI=1S/C19H19N3O7S/c23-12-10-3-1-2-4-11(10)14-15(13(12)24)30-9-19(29-14)5-7-22(8-6-19)16(20-17(25)26)21-18(27)28/h1-4,16,20-21H,5-9H2,(H,25,26)(H,27,28). The third-order valence-corrected chi connectivity index (χ3v) is 6.76. The van der Waals surface area contributed by atoms with Crippen LogP contribution in [0.4, 0.5) is 9.59 Å². The SMILES string of the molecule is O=C(O)NC(NC(=O)O)N1CCC2(CC1)CSC1=C(O2)c2ccccc2C(=O)C1=O. The average Bonchev–Trinajstić information content (AvgIpc) is 2.71. The van der Waals surface area contributed by atoms with Gasteiger partial charge in [0.1, 0.15) is 16.3 Å². The molecule has 1 aliphatic carbocycles. The Labute approximate surface area is 175 Å². The van der Waals surface area contributed by atoms with Gasteiger partial charge in [-0.25, -0.2) is 9.59 Å². The monoisotopic (exact) mass is 433 g/mol. The Balaban J connectivity index is 1.53. The molecule has 0 atom stereocenters.